The summed E-state index contributed by atoms with van der Waals surface area (Å²) in [7, 11) is 0. The Labute approximate surface area is 122 Å². The molecule has 0 fully saturated rings. The number of amidine groups is 1. The number of nitrogens with zero attached hydrogens (tertiary/aromatic N) is 2. The topological polar surface area (TPSA) is 46.5 Å². The van der Waals surface area contributed by atoms with E-state index >= 15 is 0 Å². The third-order valence-electron chi connectivity index (χ3n) is 2.99. The van der Waals surface area contributed by atoms with Gasteiger partial charge in [-0.05, 0) is 29.8 Å². The minimum atomic E-state index is 0.453. The lowest BCUT2D eigenvalue weighted by atomic mass is 10.2. The number of aromatic nitrogens is 1. The van der Waals surface area contributed by atoms with Crippen molar-refractivity contribution in [3.05, 3.63) is 58.7 Å². The average Bonchev–Trinajstić information content (AvgIpc) is 3.01. The van der Waals surface area contributed by atoms with Gasteiger partial charge >= 0.3 is 0 Å². The van der Waals surface area contributed by atoms with Crippen molar-refractivity contribution >= 4 is 17.4 Å². The molecule has 0 amide bonds. The van der Waals surface area contributed by atoms with Crippen LogP contribution in [0.3, 0.4) is 0 Å². The number of hydrogen-bond donors (Lipinski definition) is 1. The van der Waals surface area contributed by atoms with Crippen LogP contribution < -0.4 is 10.1 Å². The van der Waals surface area contributed by atoms with Crippen molar-refractivity contribution in [3.8, 4) is 5.88 Å². The van der Waals surface area contributed by atoms with Crippen molar-refractivity contribution < 1.29 is 4.74 Å². The van der Waals surface area contributed by atoms with Crippen LogP contribution in [0.15, 0.2) is 47.6 Å². The van der Waals surface area contributed by atoms with Gasteiger partial charge in [-0.3, -0.25) is 4.99 Å². The molecule has 1 aliphatic rings. The number of rotatable bonds is 4. The maximum absolute atomic E-state index is 5.86. The zero-order chi connectivity index (χ0) is 13.8. The van der Waals surface area contributed by atoms with E-state index in [0.29, 0.717) is 12.5 Å². The second-order valence-corrected chi connectivity index (χ2v) is 4.86. The quantitative estimate of drug-likeness (QED) is 0.940. The lowest BCUT2D eigenvalue weighted by Gasteiger charge is -2.10. The molecule has 0 radical (unpaired) electrons. The molecule has 3 rings (SSSR count). The molecule has 2 heterocycles. The van der Waals surface area contributed by atoms with Gasteiger partial charge < -0.3 is 10.1 Å². The molecule has 0 bridgehead atoms. The fourth-order valence-corrected chi connectivity index (χ4v) is 2.12. The zero-order valence-corrected chi connectivity index (χ0v) is 11.6. The van der Waals surface area contributed by atoms with Crippen LogP contribution in [0.1, 0.15) is 11.1 Å². The van der Waals surface area contributed by atoms with Crippen LogP contribution in [0.5, 0.6) is 5.88 Å². The summed E-state index contributed by atoms with van der Waals surface area (Å²) >= 11 is 5.86. The van der Waals surface area contributed by atoms with Gasteiger partial charge in [0, 0.05) is 17.8 Å². The third kappa shape index (κ3) is 2.91. The number of aliphatic imine (C=N–C) groups is 1. The Bertz CT molecular complexity index is 625. The number of pyridine rings is 1. The fraction of sp³-hybridized carbons (Fsp3) is 0.200. The zero-order valence-electron chi connectivity index (χ0n) is 10.8. The molecular weight excluding hydrogens is 274 g/mol. The SMILES string of the molecule is Clc1ccc(COc2ncccc2C2=NCCN2)cc1. The van der Waals surface area contributed by atoms with Crippen LogP contribution in [0, 0.1) is 0 Å². The Hall–Kier alpha value is -2.07. The monoisotopic (exact) mass is 287 g/mol. The summed E-state index contributed by atoms with van der Waals surface area (Å²) in [5.41, 5.74) is 1.95. The van der Waals surface area contributed by atoms with Crippen molar-refractivity contribution in [1.82, 2.24) is 10.3 Å². The van der Waals surface area contributed by atoms with Crippen molar-refractivity contribution in [1.29, 1.82) is 0 Å². The van der Waals surface area contributed by atoms with E-state index in [1.807, 2.05) is 36.4 Å². The van der Waals surface area contributed by atoms with E-state index in [2.05, 4.69) is 15.3 Å². The first kappa shape index (κ1) is 12.9. The first-order chi connectivity index (χ1) is 9.83. The molecular formula is C15H14ClN3O. The molecule has 1 aliphatic heterocycles. The molecule has 0 atom stereocenters. The highest BCUT2D eigenvalue weighted by Crippen LogP contribution is 2.18. The van der Waals surface area contributed by atoms with Crippen LogP contribution in [0.25, 0.3) is 0 Å². The Morgan fingerprint density at radius 1 is 1.20 bits per heavy atom. The summed E-state index contributed by atoms with van der Waals surface area (Å²) in [6.07, 6.45) is 1.72. The summed E-state index contributed by atoms with van der Waals surface area (Å²) in [5.74, 6) is 1.44. The molecule has 20 heavy (non-hydrogen) atoms. The van der Waals surface area contributed by atoms with Gasteiger partial charge in [0.15, 0.2) is 0 Å². The highest BCUT2D eigenvalue weighted by molar-refractivity contribution is 6.30. The van der Waals surface area contributed by atoms with Crippen LogP contribution in [0.2, 0.25) is 5.02 Å². The Morgan fingerprint density at radius 2 is 2.05 bits per heavy atom. The van der Waals surface area contributed by atoms with Crippen LogP contribution >= 0.6 is 11.6 Å². The highest BCUT2D eigenvalue weighted by atomic mass is 35.5. The van der Waals surface area contributed by atoms with Crippen molar-refractivity contribution in [2.45, 2.75) is 6.61 Å². The van der Waals surface area contributed by atoms with Gasteiger partial charge in [0.1, 0.15) is 12.4 Å². The first-order valence-electron chi connectivity index (χ1n) is 6.44. The molecule has 0 saturated carbocycles. The summed E-state index contributed by atoms with van der Waals surface area (Å²) in [6, 6.07) is 11.4. The van der Waals surface area contributed by atoms with Crippen molar-refractivity contribution in [3.63, 3.8) is 0 Å². The summed E-state index contributed by atoms with van der Waals surface area (Å²) < 4.78 is 5.80. The number of halogens is 1. The van der Waals surface area contributed by atoms with E-state index in [1.165, 1.54) is 0 Å². The molecule has 0 saturated heterocycles. The Balaban J connectivity index is 1.75. The predicted octanol–water partition coefficient (Wildman–Crippen LogP) is 2.66. The first-order valence-corrected chi connectivity index (χ1v) is 6.82. The summed E-state index contributed by atoms with van der Waals surface area (Å²) in [5, 5.41) is 3.95. The van der Waals surface area contributed by atoms with E-state index in [4.69, 9.17) is 16.3 Å². The van der Waals surface area contributed by atoms with Gasteiger partial charge in [0.05, 0.1) is 12.1 Å². The van der Waals surface area contributed by atoms with E-state index in [1.54, 1.807) is 6.20 Å². The lowest BCUT2D eigenvalue weighted by Crippen LogP contribution is -2.20. The molecule has 1 aromatic carbocycles. The van der Waals surface area contributed by atoms with E-state index in [-0.39, 0.29) is 0 Å². The standard InChI is InChI=1S/C15H14ClN3O/c16-12-5-3-11(4-6-12)10-20-15-13(2-1-7-19-15)14-17-8-9-18-14/h1-7H,8-10H2,(H,17,18). The molecule has 1 aromatic heterocycles. The number of nitrogens with one attached hydrogen (secondary N) is 1. The van der Waals surface area contributed by atoms with Crippen LogP contribution in [0.4, 0.5) is 0 Å². The minimum Gasteiger partial charge on any atom is -0.472 e. The molecule has 102 valence electrons. The van der Waals surface area contributed by atoms with Gasteiger partial charge in [0.2, 0.25) is 5.88 Å². The molecule has 0 spiro atoms. The molecule has 5 heteroatoms. The van der Waals surface area contributed by atoms with Gasteiger partial charge in [-0.1, -0.05) is 23.7 Å². The summed E-state index contributed by atoms with van der Waals surface area (Å²) in [4.78, 5) is 8.69. The predicted molar refractivity (Wildman–Crippen MR) is 79.4 cm³/mol. The average molecular weight is 288 g/mol. The molecule has 0 unspecified atom stereocenters. The van der Waals surface area contributed by atoms with E-state index in [9.17, 15) is 0 Å². The second-order valence-electron chi connectivity index (χ2n) is 4.43. The normalized spacial score (nSPS) is 13.8. The molecule has 0 aliphatic carbocycles. The van der Waals surface area contributed by atoms with Gasteiger partial charge in [-0.25, -0.2) is 4.98 Å². The number of benzene rings is 1. The van der Waals surface area contributed by atoms with Crippen molar-refractivity contribution in [2.24, 2.45) is 4.99 Å². The molecule has 4 nitrogen and oxygen atoms in total. The third-order valence-corrected chi connectivity index (χ3v) is 3.24. The smallest absolute Gasteiger partial charge is 0.224 e. The highest BCUT2D eigenvalue weighted by Gasteiger charge is 2.14. The van der Waals surface area contributed by atoms with Gasteiger partial charge in [-0.2, -0.15) is 0 Å². The van der Waals surface area contributed by atoms with Crippen LogP contribution in [-0.2, 0) is 6.61 Å². The van der Waals surface area contributed by atoms with E-state index < -0.39 is 0 Å². The van der Waals surface area contributed by atoms with Gasteiger partial charge in [0.25, 0.3) is 0 Å². The lowest BCUT2D eigenvalue weighted by molar-refractivity contribution is 0.293. The maximum Gasteiger partial charge on any atom is 0.224 e. The summed E-state index contributed by atoms with van der Waals surface area (Å²) in [6.45, 7) is 2.11. The largest absolute Gasteiger partial charge is 0.472 e. The number of ether oxygens (including phenoxy) is 1. The molecule has 1 N–H and O–H groups in total. The second kappa shape index (κ2) is 5.92. The van der Waals surface area contributed by atoms with Crippen molar-refractivity contribution in [2.75, 3.05) is 13.1 Å². The van der Waals surface area contributed by atoms with Crippen LogP contribution in [-0.4, -0.2) is 23.9 Å². The maximum atomic E-state index is 5.86. The Morgan fingerprint density at radius 3 is 2.80 bits per heavy atom. The number of hydrogen-bond acceptors (Lipinski definition) is 4. The van der Waals surface area contributed by atoms with E-state index in [0.717, 1.165) is 35.1 Å². The minimum absolute atomic E-state index is 0.453. The van der Waals surface area contributed by atoms with Gasteiger partial charge in [-0.15, -0.1) is 0 Å². The fourth-order valence-electron chi connectivity index (χ4n) is 2.00. The Kier molecular flexibility index (Phi) is 3.83. The molecule has 2 aromatic rings.